The number of nitriles is 1. The summed E-state index contributed by atoms with van der Waals surface area (Å²) >= 11 is 0. The molecule has 0 aromatic carbocycles. The van der Waals surface area contributed by atoms with Gasteiger partial charge in [-0.25, -0.2) is 0 Å². The Morgan fingerprint density at radius 2 is 1.67 bits per heavy atom. The molecular formula is C33H45NO5. The number of esters is 1. The van der Waals surface area contributed by atoms with E-state index in [1.54, 1.807) is 0 Å². The summed E-state index contributed by atoms with van der Waals surface area (Å²) in [5, 5.41) is 20.3. The number of carbonyl (C=O) groups excluding carboxylic acids is 2. The van der Waals surface area contributed by atoms with Crippen molar-refractivity contribution in [3.8, 4) is 6.07 Å². The topological polar surface area (TPSA) is 104 Å². The van der Waals surface area contributed by atoms with Crippen LogP contribution in [0, 0.1) is 61.6 Å². The van der Waals surface area contributed by atoms with Crippen LogP contribution in [0.1, 0.15) is 107 Å². The van der Waals surface area contributed by atoms with Crippen LogP contribution in [0.4, 0.5) is 0 Å². The number of carboxylic acid groups (broad SMARTS) is 1. The number of carboxylic acids is 1. The fourth-order valence-corrected chi connectivity index (χ4v) is 10.6. The molecule has 39 heavy (non-hydrogen) atoms. The lowest BCUT2D eigenvalue weighted by Crippen LogP contribution is -2.65. The summed E-state index contributed by atoms with van der Waals surface area (Å²) in [7, 11) is 0. The molecule has 0 radical (unpaired) electrons. The molecule has 6 heteroatoms. The molecule has 0 saturated heterocycles. The van der Waals surface area contributed by atoms with Crippen molar-refractivity contribution >= 4 is 17.7 Å². The number of nitrogens with zero attached hydrogens (tertiary/aromatic N) is 1. The molecule has 0 unspecified atom stereocenters. The van der Waals surface area contributed by atoms with E-state index in [1.807, 2.05) is 13.0 Å². The average Bonchev–Trinajstić information content (AvgIpc) is 2.82. The number of hydrogen-bond acceptors (Lipinski definition) is 5. The molecule has 5 aliphatic carbocycles. The molecule has 8 atom stereocenters. The molecule has 0 aromatic heterocycles. The Kier molecular flexibility index (Phi) is 5.99. The first-order chi connectivity index (χ1) is 17.9. The lowest BCUT2D eigenvalue weighted by atomic mass is 9.33. The van der Waals surface area contributed by atoms with Gasteiger partial charge >= 0.3 is 11.9 Å². The normalized spacial score (nSPS) is 46.5. The molecule has 6 nitrogen and oxygen atoms in total. The van der Waals surface area contributed by atoms with Gasteiger partial charge in [0.15, 0.2) is 5.78 Å². The van der Waals surface area contributed by atoms with Gasteiger partial charge in [-0.1, -0.05) is 47.1 Å². The van der Waals surface area contributed by atoms with Crippen molar-refractivity contribution in [1.82, 2.24) is 0 Å². The fraction of sp³-hybridized carbons (Fsp3) is 0.758. The minimum Gasteiger partial charge on any atom is -0.481 e. The molecule has 5 aliphatic rings. The lowest BCUT2D eigenvalue weighted by molar-refractivity contribution is -0.180. The predicted octanol–water partition coefficient (Wildman–Crippen LogP) is 7.00. The van der Waals surface area contributed by atoms with E-state index in [9.17, 15) is 24.8 Å². The molecule has 0 spiro atoms. The van der Waals surface area contributed by atoms with Crippen LogP contribution in [-0.2, 0) is 19.1 Å². The van der Waals surface area contributed by atoms with Crippen LogP contribution in [0.5, 0.6) is 0 Å². The second-order valence-corrected chi connectivity index (χ2v) is 15.5. The van der Waals surface area contributed by atoms with E-state index in [0.717, 1.165) is 32.1 Å². The Balaban J connectivity index is 1.65. The van der Waals surface area contributed by atoms with Gasteiger partial charge in [0, 0.05) is 18.3 Å². The number of ether oxygens (including phenoxy) is 1. The molecule has 3 fully saturated rings. The van der Waals surface area contributed by atoms with Gasteiger partial charge in [0.05, 0.1) is 17.1 Å². The van der Waals surface area contributed by atoms with E-state index in [1.165, 1.54) is 12.5 Å². The number of carbonyl (C=O) groups is 3. The summed E-state index contributed by atoms with van der Waals surface area (Å²) in [5.74, 6) is -0.665. The molecule has 1 N–H and O–H groups in total. The van der Waals surface area contributed by atoms with Gasteiger partial charge in [0.1, 0.15) is 5.76 Å². The van der Waals surface area contributed by atoms with Crippen LogP contribution in [-0.4, -0.2) is 22.8 Å². The van der Waals surface area contributed by atoms with E-state index >= 15 is 0 Å². The van der Waals surface area contributed by atoms with E-state index in [0.29, 0.717) is 30.6 Å². The van der Waals surface area contributed by atoms with Gasteiger partial charge < -0.3 is 9.84 Å². The number of hydrogen-bond donors (Lipinski definition) is 1. The third-order valence-corrected chi connectivity index (χ3v) is 13.0. The first kappa shape index (κ1) is 28.1. The van der Waals surface area contributed by atoms with Crippen molar-refractivity contribution in [2.24, 2.45) is 50.2 Å². The number of allylic oxidation sites excluding steroid dienone is 4. The molecule has 0 aliphatic heterocycles. The van der Waals surface area contributed by atoms with Gasteiger partial charge in [-0.2, -0.15) is 5.26 Å². The summed E-state index contributed by atoms with van der Waals surface area (Å²) in [4.78, 5) is 38.8. The van der Waals surface area contributed by atoms with Crippen molar-refractivity contribution in [3.63, 3.8) is 0 Å². The molecule has 0 amide bonds. The average molecular weight is 536 g/mol. The van der Waals surface area contributed by atoms with Gasteiger partial charge in [0.2, 0.25) is 0 Å². The minimum atomic E-state index is -0.777. The Labute approximate surface area is 233 Å². The highest BCUT2D eigenvalue weighted by Gasteiger charge is 2.70. The third-order valence-electron chi connectivity index (χ3n) is 13.0. The van der Waals surface area contributed by atoms with Crippen LogP contribution in [0.15, 0.2) is 23.0 Å². The Morgan fingerprint density at radius 1 is 1.03 bits per heavy atom. The minimum absolute atomic E-state index is 0.00730. The zero-order valence-corrected chi connectivity index (χ0v) is 25.0. The summed E-state index contributed by atoms with van der Waals surface area (Å²) in [6.45, 7) is 16.5. The monoisotopic (exact) mass is 535 g/mol. The summed E-state index contributed by atoms with van der Waals surface area (Å²) in [5.41, 5.74) is -0.670. The molecular weight excluding hydrogens is 490 g/mol. The second-order valence-electron chi connectivity index (χ2n) is 15.5. The molecule has 5 rings (SSSR count). The molecule has 3 saturated carbocycles. The maximum atomic E-state index is 14.5. The Morgan fingerprint density at radius 3 is 2.26 bits per heavy atom. The Hall–Kier alpha value is -2.42. The van der Waals surface area contributed by atoms with E-state index in [4.69, 9.17) is 4.74 Å². The third kappa shape index (κ3) is 3.53. The highest BCUT2D eigenvalue weighted by Crippen LogP contribution is 2.75. The number of fused-ring (bicyclic) bond motifs is 7. The van der Waals surface area contributed by atoms with Gasteiger partial charge in [0.25, 0.3) is 0 Å². The maximum Gasteiger partial charge on any atom is 0.309 e. The zero-order chi connectivity index (χ0) is 29.0. The van der Waals surface area contributed by atoms with Gasteiger partial charge in [-0.05, 0) is 97.9 Å². The predicted molar refractivity (Wildman–Crippen MR) is 147 cm³/mol. The van der Waals surface area contributed by atoms with Gasteiger partial charge in [-0.15, -0.1) is 0 Å². The smallest absolute Gasteiger partial charge is 0.309 e. The van der Waals surface area contributed by atoms with Crippen molar-refractivity contribution in [2.75, 3.05) is 0 Å². The Bertz CT molecular complexity index is 1270. The molecule has 0 bridgehead atoms. The number of ketones is 1. The zero-order valence-electron chi connectivity index (χ0n) is 25.0. The molecule has 0 aromatic rings. The summed E-state index contributed by atoms with van der Waals surface area (Å²) in [6.07, 6.45) is 8.24. The van der Waals surface area contributed by atoms with E-state index in [2.05, 4.69) is 47.6 Å². The largest absolute Gasteiger partial charge is 0.481 e. The van der Waals surface area contributed by atoms with Crippen molar-refractivity contribution in [2.45, 2.75) is 107 Å². The highest BCUT2D eigenvalue weighted by atomic mass is 16.5. The van der Waals surface area contributed by atoms with Crippen molar-refractivity contribution < 1.29 is 24.2 Å². The number of aliphatic carboxylic acids is 1. The van der Waals surface area contributed by atoms with E-state index < -0.39 is 28.2 Å². The SMILES string of the molecule is CC(=O)OC1=C(C#N)C[C@]2(C)[C@H]3C(=O)C=C4[C@@H]5C[C@](C)(C(=O)O)CC[C@]5(C)CC[C@@]4(C)[C@]3(C)CC[C@H]2C1(C)C. The van der Waals surface area contributed by atoms with Gasteiger partial charge in [-0.3, -0.25) is 14.4 Å². The second kappa shape index (κ2) is 8.30. The lowest BCUT2D eigenvalue weighted by Gasteiger charge is -2.69. The van der Waals surface area contributed by atoms with Crippen LogP contribution in [0.3, 0.4) is 0 Å². The van der Waals surface area contributed by atoms with Crippen molar-refractivity contribution in [3.05, 3.63) is 23.0 Å². The number of rotatable bonds is 2. The van der Waals surface area contributed by atoms with Crippen LogP contribution in [0.2, 0.25) is 0 Å². The summed E-state index contributed by atoms with van der Waals surface area (Å²) in [6, 6.07) is 2.34. The standard InChI is InChI=1S/C33H45NO5/c1-19(35)39-26-20(18-34)16-31(6)24(28(26,2)3)9-10-33(8)25(31)23(36)15-21-22-17-30(5,27(37)38)12-11-29(22,4)13-14-32(21,33)7/h15,22,24-25H,9-14,16-17H2,1-8H3,(H,37,38)/t22-,24-,25+,29+,30+,31-,32+,33+/m0/s1. The first-order valence-corrected chi connectivity index (χ1v) is 14.7. The maximum absolute atomic E-state index is 14.5. The van der Waals surface area contributed by atoms with Crippen LogP contribution < -0.4 is 0 Å². The first-order valence-electron chi connectivity index (χ1n) is 14.7. The molecule has 212 valence electrons. The van der Waals surface area contributed by atoms with Crippen molar-refractivity contribution in [1.29, 1.82) is 5.26 Å². The summed E-state index contributed by atoms with van der Waals surface area (Å²) < 4.78 is 5.68. The van der Waals surface area contributed by atoms with E-state index in [-0.39, 0.29) is 39.8 Å². The molecule has 0 heterocycles. The quantitative estimate of drug-likeness (QED) is 0.382. The fourth-order valence-electron chi connectivity index (χ4n) is 10.6. The highest BCUT2D eigenvalue weighted by molar-refractivity contribution is 5.96. The van der Waals surface area contributed by atoms with Crippen LogP contribution >= 0.6 is 0 Å². The van der Waals surface area contributed by atoms with Crippen LogP contribution in [0.25, 0.3) is 0 Å².